The molecule has 1 saturated heterocycles. The summed E-state index contributed by atoms with van der Waals surface area (Å²) in [5, 5.41) is 19.8. The first-order chi connectivity index (χ1) is 11.1. The number of nitrogens with zero attached hydrogens (tertiary/aromatic N) is 3. The van der Waals surface area contributed by atoms with Crippen molar-refractivity contribution in [3.05, 3.63) is 42.2 Å². The van der Waals surface area contributed by atoms with Crippen LogP contribution in [-0.2, 0) is 4.79 Å². The van der Waals surface area contributed by atoms with Gasteiger partial charge in [0.25, 0.3) is 5.91 Å². The average Bonchev–Trinajstić information content (AvgIpc) is 3.10. The van der Waals surface area contributed by atoms with E-state index in [0.29, 0.717) is 18.4 Å². The van der Waals surface area contributed by atoms with Crippen LogP contribution in [0.15, 0.2) is 36.7 Å². The molecule has 2 heterocycles. The molecule has 1 aliphatic heterocycles. The van der Waals surface area contributed by atoms with E-state index in [-0.39, 0.29) is 5.91 Å². The Morgan fingerprint density at radius 2 is 1.91 bits per heavy atom. The van der Waals surface area contributed by atoms with Crippen LogP contribution in [0, 0.1) is 0 Å². The van der Waals surface area contributed by atoms with E-state index in [1.165, 1.54) is 0 Å². The molecular formula is C15H16N4O3S. The third-order valence-electron chi connectivity index (χ3n) is 3.93. The number of rotatable bonds is 4. The van der Waals surface area contributed by atoms with E-state index < -0.39 is 11.5 Å². The fraction of sp³-hybridized carbons (Fsp3) is 0.333. The van der Waals surface area contributed by atoms with Gasteiger partial charge in [0, 0.05) is 5.56 Å². The molecule has 1 aliphatic rings. The molecule has 0 bridgehead atoms. The number of thioether (sulfide) groups is 1. The average molecular weight is 332 g/mol. The van der Waals surface area contributed by atoms with Crippen molar-refractivity contribution >= 4 is 23.6 Å². The fourth-order valence-electron chi connectivity index (χ4n) is 2.51. The molecule has 23 heavy (non-hydrogen) atoms. The Balaban J connectivity index is 1.76. The Kier molecular flexibility index (Phi) is 4.33. The van der Waals surface area contributed by atoms with Gasteiger partial charge in [0.2, 0.25) is 0 Å². The van der Waals surface area contributed by atoms with E-state index in [2.05, 4.69) is 15.6 Å². The van der Waals surface area contributed by atoms with Gasteiger partial charge in [-0.2, -0.15) is 11.8 Å². The van der Waals surface area contributed by atoms with Crippen LogP contribution in [0.4, 0.5) is 0 Å². The Labute approximate surface area is 137 Å². The molecule has 3 rings (SSSR count). The molecule has 1 amide bonds. The van der Waals surface area contributed by atoms with E-state index in [1.54, 1.807) is 53.1 Å². The van der Waals surface area contributed by atoms with Crippen LogP contribution in [0.2, 0.25) is 0 Å². The predicted octanol–water partition coefficient (Wildman–Crippen LogP) is 1.35. The Hall–Kier alpha value is -2.35. The first kappa shape index (κ1) is 15.5. The molecule has 0 aliphatic carbocycles. The second kappa shape index (κ2) is 6.41. The zero-order valence-corrected chi connectivity index (χ0v) is 13.1. The molecule has 120 valence electrons. The smallest absolute Gasteiger partial charge is 0.329 e. The minimum absolute atomic E-state index is 0.371. The number of hydrogen-bond acceptors (Lipinski definition) is 5. The molecule has 0 spiro atoms. The molecule has 0 atom stereocenters. The first-order valence-corrected chi connectivity index (χ1v) is 8.37. The molecule has 0 unspecified atom stereocenters. The van der Waals surface area contributed by atoms with Crippen molar-refractivity contribution in [1.29, 1.82) is 0 Å². The number of carbonyl (C=O) groups excluding carboxylic acids is 1. The maximum absolute atomic E-state index is 12.4. The van der Waals surface area contributed by atoms with Gasteiger partial charge < -0.3 is 10.4 Å². The van der Waals surface area contributed by atoms with Gasteiger partial charge >= 0.3 is 5.97 Å². The lowest BCUT2D eigenvalue weighted by Gasteiger charge is -2.33. The summed E-state index contributed by atoms with van der Waals surface area (Å²) >= 11 is 1.71. The van der Waals surface area contributed by atoms with Crippen molar-refractivity contribution in [2.75, 3.05) is 11.5 Å². The summed E-state index contributed by atoms with van der Waals surface area (Å²) in [5.41, 5.74) is 0.0428. The van der Waals surface area contributed by atoms with Gasteiger partial charge in [0.1, 0.15) is 5.54 Å². The number of carboxylic acids is 1. The van der Waals surface area contributed by atoms with Gasteiger partial charge in [0.15, 0.2) is 0 Å². The van der Waals surface area contributed by atoms with Crippen molar-refractivity contribution in [2.24, 2.45) is 0 Å². The van der Waals surface area contributed by atoms with E-state index >= 15 is 0 Å². The number of carboxylic acid groups (broad SMARTS) is 1. The molecule has 1 aromatic carbocycles. The van der Waals surface area contributed by atoms with Crippen LogP contribution in [0.5, 0.6) is 0 Å². The van der Waals surface area contributed by atoms with Crippen molar-refractivity contribution < 1.29 is 14.7 Å². The Bertz CT molecular complexity index is 694. The monoisotopic (exact) mass is 332 g/mol. The van der Waals surface area contributed by atoms with Crippen molar-refractivity contribution in [1.82, 2.24) is 20.3 Å². The van der Waals surface area contributed by atoms with Crippen LogP contribution in [0.3, 0.4) is 0 Å². The highest BCUT2D eigenvalue weighted by Crippen LogP contribution is 2.27. The number of hydrogen-bond donors (Lipinski definition) is 2. The van der Waals surface area contributed by atoms with Crippen LogP contribution in [0.1, 0.15) is 23.2 Å². The molecule has 1 aromatic heterocycles. The maximum Gasteiger partial charge on any atom is 0.329 e. The van der Waals surface area contributed by atoms with Gasteiger partial charge in [-0.1, -0.05) is 5.21 Å². The zero-order chi connectivity index (χ0) is 16.3. The summed E-state index contributed by atoms with van der Waals surface area (Å²) in [5.74, 6) is 0.130. The van der Waals surface area contributed by atoms with Crippen molar-refractivity contribution in [3.63, 3.8) is 0 Å². The topological polar surface area (TPSA) is 97.1 Å². The SMILES string of the molecule is O=C(NC1(C(=O)O)CCSCC1)c1ccc(-n2ccnn2)cc1. The molecule has 7 nitrogen and oxygen atoms in total. The normalized spacial score (nSPS) is 16.7. The number of benzene rings is 1. The second-order valence-corrected chi connectivity index (χ2v) is 6.57. The summed E-state index contributed by atoms with van der Waals surface area (Å²) < 4.78 is 1.58. The lowest BCUT2D eigenvalue weighted by atomic mass is 9.92. The summed E-state index contributed by atoms with van der Waals surface area (Å²) in [6.45, 7) is 0. The number of aromatic nitrogens is 3. The molecule has 1 fully saturated rings. The van der Waals surface area contributed by atoms with Gasteiger partial charge in [-0.15, -0.1) is 5.10 Å². The number of carbonyl (C=O) groups is 2. The summed E-state index contributed by atoms with van der Waals surface area (Å²) in [6, 6.07) is 6.79. The van der Waals surface area contributed by atoms with E-state index in [4.69, 9.17) is 0 Å². The highest BCUT2D eigenvalue weighted by Gasteiger charge is 2.41. The fourth-order valence-corrected chi connectivity index (χ4v) is 3.70. The molecule has 2 N–H and O–H groups in total. The lowest BCUT2D eigenvalue weighted by Crippen LogP contribution is -2.56. The lowest BCUT2D eigenvalue weighted by molar-refractivity contribution is -0.144. The minimum Gasteiger partial charge on any atom is -0.480 e. The highest BCUT2D eigenvalue weighted by molar-refractivity contribution is 7.99. The quantitative estimate of drug-likeness (QED) is 0.877. The maximum atomic E-state index is 12.4. The predicted molar refractivity (Wildman–Crippen MR) is 85.8 cm³/mol. The van der Waals surface area contributed by atoms with Gasteiger partial charge in [0.05, 0.1) is 18.1 Å². The third kappa shape index (κ3) is 3.21. The van der Waals surface area contributed by atoms with Crippen molar-refractivity contribution in [3.8, 4) is 5.69 Å². The van der Waals surface area contributed by atoms with Crippen LogP contribution >= 0.6 is 11.8 Å². The second-order valence-electron chi connectivity index (χ2n) is 5.35. The van der Waals surface area contributed by atoms with Gasteiger partial charge in [-0.25, -0.2) is 9.48 Å². The summed E-state index contributed by atoms with van der Waals surface area (Å²) in [7, 11) is 0. The highest BCUT2D eigenvalue weighted by atomic mass is 32.2. The number of amides is 1. The minimum atomic E-state index is -1.16. The van der Waals surface area contributed by atoms with Crippen LogP contribution < -0.4 is 5.32 Å². The largest absolute Gasteiger partial charge is 0.480 e. The summed E-state index contributed by atoms with van der Waals surface area (Å²) in [6.07, 6.45) is 4.15. The first-order valence-electron chi connectivity index (χ1n) is 7.21. The molecular weight excluding hydrogens is 316 g/mol. The van der Waals surface area contributed by atoms with Crippen LogP contribution in [-0.4, -0.2) is 49.0 Å². The van der Waals surface area contributed by atoms with Crippen molar-refractivity contribution in [2.45, 2.75) is 18.4 Å². The van der Waals surface area contributed by atoms with E-state index in [9.17, 15) is 14.7 Å². The van der Waals surface area contributed by atoms with Gasteiger partial charge in [-0.05, 0) is 48.6 Å². The van der Waals surface area contributed by atoms with Gasteiger partial charge in [-0.3, -0.25) is 4.79 Å². The Morgan fingerprint density at radius 3 is 2.48 bits per heavy atom. The molecule has 0 saturated carbocycles. The third-order valence-corrected chi connectivity index (χ3v) is 4.91. The number of aliphatic carboxylic acids is 1. The summed E-state index contributed by atoms with van der Waals surface area (Å²) in [4.78, 5) is 24.0. The Morgan fingerprint density at radius 1 is 1.22 bits per heavy atom. The van der Waals surface area contributed by atoms with E-state index in [1.807, 2.05) is 0 Å². The molecule has 0 radical (unpaired) electrons. The molecule has 2 aromatic rings. The molecule has 8 heteroatoms. The van der Waals surface area contributed by atoms with Crippen LogP contribution in [0.25, 0.3) is 5.69 Å². The number of nitrogens with one attached hydrogen (secondary N) is 1. The van der Waals surface area contributed by atoms with E-state index in [0.717, 1.165) is 17.2 Å². The zero-order valence-electron chi connectivity index (χ0n) is 12.3. The standard InChI is InChI=1S/C15H16N4O3S/c20-13(17-15(14(21)22)5-9-23-10-6-15)11-1-3-12(4-2-11)19-8-7-16-18-19/h1-4,7-8H,5-6,9-10H2,(H,17,20)(H,21,22).